The van der Waals surface area contributed by atoms with Crippen LogP contribution in [0.15, 0.2) is 22.5 Å². The van der Waals surface area contributed by atoms with Gasteiger partial charge in [-0.05, 0) is 39.1 Å². The number of nitrogens with zero attached hydrogens (tertiary/aromatic N) is 3. The van der Waals surface area contributed by atoms with Gasteiger partial charge in [0.15, 0.2) is 5.96 Å². The number of aliphatic imine (C=N–C) groups is 1. The molecular formula is C18H33IN4OS2. The zero-order chi connectivity index (χ0) is 18.3. The molecule has 1 aromatic heterocycles. The van der Waals surface area contributed by atoms with Crippen LogP contribution in [0.3, 0.4) is 0 Å². The SMILES string of the molecule is CCNC(=NCCS(=O)C(C)(C)C)N1CCN(Cc2cccs2)CC1.I. The van der Waals surface area contributed by atoms with Gasteiger partial charge in [0.05, 0.1) is 6.54 Å². The lowest BCUT2D eigenvalue weighted by Crippen LogP contribution is -2.52. The van der Waals surface area contributed by atoms with Crippen LogP contribution in [0, 0.1) is 0 Å². The van der Waals surface area contributed by atoms with Crippen molar-refractivity contribution in [2.75, 3.05) is 45.0 Å². The van der Waals surface area contributed by atoms with Crippen LogP contribution >= 0.6 is 35.3 Å². The fraction of sp³-hybridized carbons (Fsp3) is 0.722. The third-order valence-electron chi connectivity index (χ3n) is 4.19. The summed E-state index contributed by atoms with van der Waals surface area (Å²) < 4.78 is 12.0. The summed E-state index contributed by atoms with van der Waals surface area (Å²) in [7, 11) is -0.847. The van der Waals surface area contributed by atoms with Crippen molar-refractivity contribution in [1.82, 2.24) is 15.1 Å². The second kappa shape index (κ2) is 11.6. The number of thiophene rings is 1. The summed E-state index contributed by atoms with van der Waals surface area (Å²) >= 11 is 1.83. The first-order valence-electron chi connectivity index (χ1n) is 9.06. The number of rotatable bonds is 6. The molecule has 1 aliphatic rings. The molecule has 1 N–H and O–H groups in total. The highest BCUT2D eigenvalue weighted by molar-refractivity contribution is 14.0. The lowest BCUT2D eigenvalue weighted by Gasteiger charge is -2.36. The fourth-order valence-electron chi connectivity index (χ4n) is 2.71. The van der Waals surface area contributed by atoms with Crippen LogP contribution in [0.2, 0.25) is 0 Å². The molecule has 1 unspecified atom stereocenters. The molecule has 8 heteroatoms. The average molecular weight is 513 g/mol. The van der Waals surface area contributed by atoms with Crippen molar-refractivity contribution in [3.8, 4) is 0 Å². The highest BCUT2D eigenvalue weighted by Crippen LogP contribution is 2.14. The van der Waals surface area contributed by atoms with Gasteiger partial charge in [0.2, 0.25) is 0 Å². The van der Waals surface area contributed by atoms with Gasteiger partial charge in [0, 0.05) is 65.4 Å². The van der Waals surface area contributed by atoms with E-state index in [1.807, 2.05) is 32.1 Å². The van der Waals surface area contributed by atoms with Crippen molar-refractivity contribution < 1.29 is 4.21 Å². The van der Waals surface area contributed by atoms with Crippen LogP contribution in [0.5, 0.6) is 0 Å². The molecule has 26 heavy (non-hydrogen) atoms. The standard InChI is InChI=1S/C18H32N4OS2.HI/c1-5-19-17(20-8-14-25(23)18(2,3)4)22-11-9-21(10-12-22)15-16-7-6-13-24-16;/h6-7,13H,5,8-12,14-15H2,1-4H3,(H,19,20);1H. The Hall–Kier alpha value is -0.190. The Balaban J connectivity index is 0.00000338. The minimum Gasteiger partial charge on any atom is -0.357 e. The molecule has 2 heterocycles. The smallest absolute Gasteiger partial charge is 0.194 e. The average Bonchev–Trinajstić information content (AvgIpc) is 3.07. The number of nitrogens with one attached hydrogen (secondary N) is 1. The summed E-state index contributed by atoms with van der Waals surface area (Å²) in [6.07, 6.45) is 0. The third-order valence-corrected chi connectivity index (χ3v) is 6.97. The molecule has 0 spiro atoms. The molecule has 0 bridgehead atoms. The molecule has 0 saturated carbocycles. The quantitative estimate of drug-likeness (QED) is 0.362. The van der Waals surface area contributed by atoms with Gasteiger partial charge in [-0.2, -0.15) is 0 Å². The first kappa shape index (κ1) is 23.8. The maximum Gasteiger partial charge on any atom is 0.194 e. The minimum atomic E-state index is -0.847. The van der Waals surface area contributed by atoms with Crippen molar-refractivity contribution in [3.63, 3.8) is 0 Å². The van der Waals surface area contributed by atoms with Crippen LogP contribution in [-0.4, -0.2) is 69.7 Å². The second-order valence-electron chi connectivity index (χ2n) is 7.24. The van der Waals surface area contributed by atoms with Crippen molar-refractivity contribution in [2.45, 2.75) is 39.0 Å². The molecule has 150 valence electrons. The molecule has 1 aromatic rings. The normalized spacial score (nSPS) is 17.7. The van der Waals surface area contributed by atoms with Gasteiger partial charge < -0.3 is 10.2 Å². The maximum absolute atomic E-state index is 12.2. The van der Waals surface area contributed by atoms with Gasteiger partial charge >= 0.3 is 0 Å². The number of halogens is 1. The Bertz CT molecular complexity index is 564. The van der Waals surface area contributed by atoms with E-state index in [4.69, 9.17) is 4.99 Å². The number of piperazine rings is 1. The summed E-state index contributed by atoms with van der Waals surface area (Å²) in [5.74, 6) is 1.58. The van der Waals surface area contributed by atoms with Crippen LogP contribution in [0.25, 0.3) is 0 Å². The van der Waals surface area contributed by atoms with Crippen molar-refractivity contribution in [1.29, 1.82) is 0 Å². The first-order valence-corrected chi connectivity index (χ1v) is 11.3. The number of hydrogen-bond donors (Lipinski definition) is 1. The van der Waals surface area contributed by atoms with Crippen molar-refractivity contribution >= 4 is 52.1 Å². The summed E-state index contributed by atoms with van der Waals surface area (Å²) in [6, 6.07) is 4.33. The van der Waals surface area contributed by atoms with E-state index in [1.54, 1.807) is 0 Å². The summed E-state index contributed by atoms with van der Waals surface area (Å²) in [5, 5.41) is 5.53. The van der Waals surface area contributed by atoms with E-state index in [0.29, 0.717) is 12.3 Å². The number of hydrogen-bond acceptors (Lipinski definition) is 4. The van der Waals surface area contributed by atoms with E-state index in [1.165, 1.54) is 4.88 Å². The van der Waals surface area contributed by atoms with Crippen LogP contribution < -0.4 is 5.32 Å². The molecule has 0 radical (unpaired) electrons. The van der Waals surface area contributed by atoms with Gasteiger partial charge in [-0.3, -0.25) is 14.1 Å². The monoisotopic (exact) mass is 512 g/mol. The van der Waals surface area contributed by atoms with E-state index < -0.39 is 10.8 Å². The summed E-state index contributed by atoms with van der Waals surface area (Å²) in [6.45, 7) is 14.7. The lowest BCUT2D eigenvalue weighted by atomic mass is 10.3. The van der Waals surface area contributed by atoms with Gasteiger partial charge in [-0.15, -0.1) is 35.3 Å². The van der Waals surface area contributed by atoms with Crippen LogP contribution in [0.4, 0.5) is 0 Å². The van der Waals surface area contributed by atoms with E-state index in [-0.39, 0.29) is 28.7 Å². The molecule has 0 amide bonds. The second-order valence-corrected chi connectivity index (χ2v) is 10.6. The summed E-state index contributed by atoms with van der Waals surface area (Å²) in [5.41, 5.74) is 0. The summed E-state index contributed by atoms with van der Waals surface area (Å²) in [4.78, 5) is 11.0. The molecule has 1 atom stereocenters. The molecular weight excluding hydrogens is 479 g/mol. The topological polar surface area (TPSA) is 47.9 Å². The molecule has 5 nitrogen and oxygen atoms in total. The Morgan fingerprint density at radius 1 is 1.31 bits per heavy atom. The van der Waals surface area contributed by atoms with Crippen molar-refractivity contribution in [2.24, 2.45) is 4.99 Å². The Morgan fingerprint density at radius 3 is 2.54 bits per heavy atom. The highest BCUT2D eigenvalue weighted by Gasteiger charge is 2.21. The third kappa shape index (κ3) is 7.82. The Labute approximate surface area is 182 Å². The first-order chi connectivity index (χ1) is 11.9. The van der Waals surface area contributed by atoms with Gasteiger partial charge in [-0.25, -0.2) is 0 Å². The molecule has 1 saturated heterocycles. The molecule has 1 aliphatic heterocycles. The molecule has 0 aliphatic carbocycles. The Morgan fingerprint density at radius 2 is 2.00 bits per heavy atom. The van der Waals surface area contributed by atoms with Gasteiger partial charge in [0.1, 0.15) is 0 Å². The minimum absolute atomic E-state index is 0. The Kier molecular flexibility index (Phi) is 10.6. The van der Waals surface area contributed by atoms with Crippen molar-refractivity contribution in [3.05, 3.63) is 22.4 Å². The van der Waals surface area contributed by atoms with Crippen LogP contribution in [-0.2, 0) is 17.3 Å². The largest absolute Gasteiger partial charge is 0.357 e. The molecule has 1 fully saturated rings. The van der Waals surface area contributed by atoms with Gasteiger partial charge in [-0.1, -0.05) is 6.07 Å². The highest BCUT2D eigenvalue weighted by atomic mass is 127. The fourth-order valence-corrected chi connectivity index (χ4v) is 4.32. The van der Waals surface area contributed by atoms with E-state index in [2.05, 4.69) is 39.6 Å². The van der Waals surface area contributed by atoms with E-state index >= 15 is 0 Å². The molecule has 0 aromatic carbocycles. The zero-order valence-electron chi connectivity index (χ0n) is 16.4. The maximum atomic E-state index is 12.2. The predicted octanol–water partition coefficient (Wildman–Crippen LogP) is 3.00. The predicted molar refractivity (Wildman–Crippen MR) is 125 cm³/mol. The lowest BCUT2D eigenvalue weighted by molar-refractivity contribution is 0.174. The van der Waals surface area contributed by atoms with E-state index in [0.717, 1.165) is 45.2 Å². The number of guanidine groups is 1. The van der Waals surface area contributed by atoms with E-state index in [9.17, 15) is 4.21 Å². The molecule has 2 rings (SSSR count). The zero-order valence-corrected chi connectivity index (χ0v) is 20.3. The van der Waals surface area contributed by atoms with Crippen LogP contribution in [0.1, 0.15) is 32.6 Å². The van der Waals surface area contributed by atoms with Gasteiger partial charge in [0.25, 0.3) is 0 Å².